The normalized spacial score (nSPS) is 12.5. The molecule has 0 saturated carbocycles. The lowest BCUT2D eigenvalue weighted by molar-refractivity contribution is -0.117. The number of carbonyl (C=O) groups is 1. The van der Waals surface area contributed by atoms with E-state index in [0.717, 1.165) is 10.6 Å². The first-order valence-corrected chi connectivity index (χ1v) is 10.1. The van der Waals surface area contributed by atoms with E-state index < -0.39 is 22.0 Å². The average molecular weight is 401 g/mol. The van der Waals surface area contributed by atoms with Gasteiger partial charge in [-0.3, -0.25) is 9.10 Å². The predicted octanol–water partition coefficient (Wildman–Crippen LogP) is 4.18. The molecule has 0 radical (unpaired) electrons. The third-order valence-corrected chi connectivity index (χ3v) is 5.17. The van der Waals surface area contributed by atoms with Gasteiger partial charge in [-0.2, -0.15) is 0 Å². The van der Waals surface area contributed by atoms with Crippen LogP contribution >= 0.6 is 23.2 Å². The number of sulfonamides is 1. The molecule has 1 atom stereocenters. The van der Waals surface area contributed by atoms with Crippen LogP contribution in [-0.2, 0) is 14.8 Å². The molecule has 1 amide bonds. The van der Waals surface area contributed by atoms with E-state index in [-0.39, 0.29) is 0 Å². The Hall–Kier alpha value is -1.76. The Labute approximate surface area is 157 Å². The number of benzene rings is 2. The van der Waals surface area contributed by atoms with E-state index in [2.05, 4.69) is 5.32 Å². The number of nitrogens with one attached hydrogen (secondary N) is 1. The Balaban J connectivity index is 2.36. The van der Waals surface area contributed by atoms with Crippen LogP contribution in [0.1, 0.15) is 13.3 Å². The first kappa shape index (κ1) is 19.6. The minimum atomic E-state index is -3.68. The smallest absolute Gasteiger partial charge is 0.248 e. The van der Waals surface area contributed by atoms with Crippen molar-refractivity contribution in [3.05, 3.63) is 58.6 Å². The fourth-order valence-electron chi connectivity index (χ4n) is 2.44. The fourth-order valence-corrected chi connectivity index (χ4v) is 3.97. The molecular formula is C17H18Cl2N2O3S. The summed E-state index contributed by atoms with van der Waals surface area (Å²) in [4.78, 5) is 12.7. The molecule has 0 unspecified atom stereocenters. The van der Waals surface area contributed by atoms with E-state index in [4.69, 9.17) is 23.2 Å². The Bertz CT molecular complexity index is 854. The van der Waals surface area contributed by atoms with Crippen LogP contribution < -0.4 is 9.62 Å². The van der Waals surface area contributed by atoms with Crippen molar-refractivity contribution in [1.82, 2.24) is 0 Å². The van der Waals surface area contributed by atoms with Gasteiger partial charge >= 0.3 is 0 Å². The topological polar surface area (TPSA) is 66.5 Å². The van der Waals surface area contributed by atoms with Gasteiger partial charge in [0.25, 0.3) is 0 Å². The predicted molar refractivity (Wildman–Crippen MR) is 103 cm³/mol. The Kier molecular flexibility index (Phi) is 6.32. The lowest BCUT2D eigenvalue weighted by Crippen LogP contribution is -2.46. The first-order valence-electron chi connectivity index (χ1n) is 7.53. The number of hydrogen-bond donors (Lipinski definition) is 1. The monoisotopic (exact) mass is 400 g/mol. The summed E-state index contributed by atoms with van der Waals surface area (Å²) in [6.07, 6.45) is 1.36. The van der Waals surface area contributed by atoms with Crippen LogP contribution in [0.15, 0.2) is 48.5 Å². The van der Waals surface area contributed by atoms with Crippen molar-refractivity contribution in [3.63, 3.8) is 0 Å². The van der Waals surface area contributed by atoms with E-state index in [9.17, 15) is 13.2 Å². The quantitative estimate of drug-likeness (QED) is 0.790. The van der Waals surface area contributed by atoms with Crippen LogP contribution in [0.2, 0.25) is 10.0 Å². The molecule has 8 heteroatoms. The van der Waals surface area contributed by atoms with Crippen LogP contribution in [0.3, 0.4) is 0 Å². The number of nitrogens with zero attached hydrogens (tertiary/aromatic N) is 1. The van der Waals surface area contributed by atoms with Crippen LogP contribution in [0, 0.1) is 0 Å². The summed E-state index contributed by atoms with van der Waals surface area (Å²) in [5, 5.41) is 3.67. The maximum atomic E-state index is 12.7. The molecule has 25 heavy (non-hydrogen) atoms. The van der Waals surface area contributed by atoms with Crippen molar-refractivity contribution in [1.29, 1.82) is 0 Å². The molecule has 0 aromatic heterocycles. The van der Waals surface area contributed by atoms with E-state index in [1.807, 2.05) is 0 Å². The van der Waals surface area contributed by atoms with Gasteiger partial charge in [0.15, 0.2) is 0 Å². The highest BCUT2D eigenvalue weighted by Crippen LogP contribution is 2.25. The minimum absolute atomic E-state index is 0.294. The standard InChI is InChI=1S/C17H18Cl2N2O3S/c1-3-16(17(22)20-14-6-4-5-13(19)11-14)21(25(2,23)24)15-9-7-12(18)8-10-15/h4-11,16H,3H2,1-2H3,(H,20,22)/t16-/m0/s1. The highest BCUT2D eigenvalue weighted by Gasteiger charge is 2.31. The second-order valence-corrected chi connectivity index (χ2v) is 8.19. The van der Waals surface area contributed by atoms with Crippen LogP contribution in [0.25, 0.3) is 0 Å². The summed E-state index contributed by atoms with van der Waals surface area (Å²) in [6, 6.07) is 12.1. The number of hydrogen-bond acceptors (Lipinski definition) is 3. The molecule has 0 aliphatic carbocycles. The van der Waals surface area contributed by atoms with Gasteiger partial charge < -0.3 is 5.32 Å². The zero-order valence-electron chi connectivity index (χ0n) is 13.7. The highest BCUT2D eigenvalue weighted by molar-refractivity contribution is 7.92. The molecule has 0 saturated heterocycles. The van der Waals surface area contributed by atoms with Crippen molar-refractivity contribution in [2.45, 2.75) is 19.4 Å². The van der Waals surface area contributed by atoms with Crippen molar-refractivity contribution in [2.24, 2.45) is 0 Å². The lowest BCUT2D eigenvalue weighted by atomic mass is 10.2. The second-order valence-electron chi connectivity index (χ2n) is 5.46. The summed E-state index contributed by atoms with van der Waals surface area (Å²) >= 11 is 11.8. The van der Waals surface area contributed by atoms with Crippen LogP contribution in [-0.4, -0.2) is 26.6 Å². The molecule has 2 aromatic rings. The number of anilines is 2. The van der Waals surface area contributed by atoms with Gasteiger partial charge in [-0.1, -0.05) is 36.2 Å². The first-order chi connectivity index (χ1) is 11.7. The third kappa shape index (κ3) is 5.11. The van der Waals surface area contributed by atoms with Gasteiger partial charge in [0, 0.05) is 15.7 Å². The maximum absolute atomic E-state index is 12.7. The zero-order chi connectivity index (χ0) is 18.6. The van der Waals surface area contributed by atoms with E-state index in [1.165, 1.54) is 0 Å². The molecule has 134 valence electrons. The number of rotatable bonds is 6. The number of carbonyl (C=O) groups excluding carboxylic acids is 1. The molecule has 0 bridgehead atoms. The largest absolute Gasteiger partial charge is 0.324 e. The summed E-state index contributed by atoms with van der Waals surface area (Å²) in [6.45, 7) is 1.75. The third-order valence-electron chi connectivity index (χ3n) is 3.50. The summed E-state index contributed by atoms with van der Waals surface area (Å²) in [7, 11) is -3.68. The molecule has 0 fully saturated rings. The van der Waals surface area contributed by atoms with Crippen molar-refractivity contribution >= 4 is 50.5 Å². The van der Waals surface area contributed by atoms with Crippen molar-refractivity contribution < 1.29 is 13.2 Å². The second kappa shape index (κ2) is 8.08. The molecule has 0 spiro atoms. The Morgan fingerprint density at radius 3 is 2.28 bits per heavy atom. The molecule has 2 rings (SSSR count). The molecule has 0 heterocycles. The van der Waals surface area contributed by atoms with Gasteiger partial charge in [0.2, 0.25) is 15.9 Å². The van der Waals surface area contributed by atoms with E-state index >= 15 is 0 Å². The van der Waals surface area contributed by atoms with Gasteiger partial charge in [0.1, 0.15) is 6.04 Å². The zero-order valence-corrected chi connectivity index (χ0v) is 16.1. The molecular weight excluding hydrogens is 383 g/mol. The molecule has 2 aromatic carbocycles. The summed E-state index contributed by atoms with van der Waals surface area (Å²) in [5.74, 6) is -0.440. The Morgan fingerprint density at radius 1 is 1.12 bits per heavy atom. The summed E-state index contributed by atoms with van der Waals surface area (Å²) < 4.78 is 25.7. The van der Waals surface area contributed by atoms with Crippen LogP contribution in [0.4, 0.5) is 11.4 Å². The number of halogens is 2. The highest BCUT2D eigenvalue weighted by atomic mass is 35.5. The molecule has 0 aliphatic rings. The van der Waals surface area contributed by atoms with Crippen LogP contribution in [0.5, 0.6) is 0 Å². The summed E-state index contributed by atoms with van der Waals surface area (Å²) in [5.41, 5.74) is 0.875. The van der Waals surface area contributed by atoms with Gasteiger partial charge in [-0.05, 0) is 48.9 Å². The average Bonchev–Trinajstić information content (AvgIpc) is 2.52. The minimum Gasteiger partial charge on any atom is -0.324 e. The fraction of sp³-hybridized carbons (Fsp3) is 0.235. The molecule has 0 aliphatic heterocycles. The lowest BCUT2D eigenvalue weighted by Gasteiger charge is -2.30. The van der Waals surface area contributed by atoms with E-state index in [1.54, 1.807) is 55.5 Å². The SMILES string of the molecule is CC[C@@H](C(=O)Nc1cccc(Cl)c1)N(c1ccc(Cl)cc1)S(C)(=O)=O. The van der Waals surface area contributed by atoms with Crippen molar-refractivity contribution in [2.75, 3.05) is 15.9 Å². The Morgan fingerprint density at radius 2 is 1.76 bits per heavy atom. The van der Waals surface area contributed by atoms with Crippen molar-refractivity contribution in [3.8, 4) is 0 Å². The number of amides is 1. The van der Waals surface area contributed by atoms with Gasteiger partial charge in [-0.15, -0.1) is 0 Å². The molecule has 5 nitrogen and oxygen atoms in total. The van der Waals surface area contributed by atoms with Gasteiger partial charge in [0.05, 0.1) is 11.9 Å². The van der Waals surface area contributed by atoms with E-state index in [0.29, 0.717) is 27.8 Å². The van der Waals surface area contributed by atoms with Gasteiger partial charge in [-0.25, -0.2) is 8.42 Å². The maximum Gasteiger partial charge on any atom is 0.248 e. The molecule has 1 N–H and O–H groups in total.